The Morgan fingerprint density at radius 3 is 2.37 bits per heavy atom. The number of benzene rings is 3. The summed E-state index contributed by atoms with van der Waals surface area (Å²) in [6.45, 7) is 5.73. The summed E-state index contributed by atoms with van der Waals surface area (Å²) < 4.78 is 82.0. The van der Waals surface area contributed by atoms with E-state index in [9.17, 15) is 22.0 Å². The summed E-state index contributed by atoms with van der Waals surface area (Å²) in [7, 11) is 0. The van der Waals surface area contributed by atoms with Crippen LogP contribution >= 0.6 is 11.8 Å². The molecule has 3 aromatic carbocycles. The third kappa shape index (κ3) is 4.84. The Balaban J connectivity index is 1.57. The number of imidazole rings is 1. The van der Waals surface area contributed by atoms with Gasteiger partial charge in [-0.3, -0.25) is 4.57 Å². The highest BCUT2D eigenvalue weighted by Gasteiger charge is 2.35. The number of rotatable bonds is 6. The van der Waals surface area contributed by atoms with E-state index in [4.69, 9.17) is 9.47 Å². The molecule has 0 radical (unpaired) electrons. The summed E-state index contributed by atoms with van der Waals surface area (Å²) in [6, 6.07) is 14.2. The van der Waals surface area contributed by atoms with E-state index >= 15 is 0 Å². The Morgan fingerprint density at radius 1 is 0.947 bits per heavy atom. The predicted octanol–water partition coefficient (Wildman–Crippen LogP) is 7.90. The second kappa shape index (κ2) is 9.65. The van der Waals surface area contributed by atoms with Crippen LogP contribution in [0.3, 0.4) is 0 Å². The van der Waals surface area contributed by atoms with E-state index in [0.717, 1.165) is 35.5 Å². The van der Waals surface area contributed by atoms with Gasteiger partial charge in [-0.25, -0.2) is 13.8 Å². The van der Waals surface area contributed by atoms with Crippen LogP contribution in [0.5, 0.6) is 11.5 Å². The van der Waals surface area contributed by atoms with Crippen LogP contribution < -0.4 is 9.47 Å². The Morgan fingerprint density at radius 2 is 1.66 bits per heavy atom. The zero-order valence-electron chi connectivity index (χ0n) is 20.6. The molecule has 1 aliphatic heterocycles. The van der Waals surface area contributed by atoms with Crippen molar-refractivity contribution >= 4 is 11.8 Å². The van der Waals surface area contributed by atoms with E-state index in [2.05, 4.69) is 4.98 Å². The highest BCUT2D eigenvalue weighted by Crippen LogP contribution is 2.42. The molecule has 1 unspecified atom stereocenters. The molecular formula is C28H23F5N2O2S. The van der Waals surface area contributed by atoms with Crippen LogP contribution in [0, 0.1) is 11.6 Å². The fourth-order valence-electron chi connectivity index (χ4n) is 4.44. The van der Waals surface area contributed by atoms with Crippen molar-refractivity contribution in [2.45, 2.75) is 49.6 Å². The van der Waals surface area contributed by atoms with Crippen LogP contribution in [-0.2, 0) is 17.3 Å². The SMILES string of the molecule is CC1Oc2ccc(C(C)(C)c3cnc(SCc4c(F)cccc4C(F)(F)F)n3-c3ccc(F)cc3)cc2O1. The Hall–Kier alpha value is -3.53. The number of alkyl halides is 3. The fourth-order valence-corrected chi connectivity index (χ4v) is 5.47. The van der Waals surface area contributed by atoms with Crippen molar-refractivity contribution in [2.75, 3.05) is 0 Å². The summed E-state index contributed by atoms with van der Waals surface area (Å²) in [4.78, 5) is 4.50. The van der Waals surface area contributed by atoms with Gasteiger partial charge in [-0.2, -0.15) is 13.2 Å². The van der Waals surface area contributed by atoms with Crippen LogP contribution in [0.2, 0.25) is 0 Å². The number of aromatic nitrogens is 2. The first-order chi connectivity index (χ1) is 17.9. The molecule has 0 N–H and O–H groups in total. The van der Waals surface area contributed by atoms with E-state index in [-0.39, 0.29) is 5.75 Å². The summed E-state index contributed by atoms with van der Waals surface area (Å²) >= 11 is 0.970. The number of thioether (sulfide) groups is 1. The van der Waals surface area contributed by atoms with E-state index in [1.807, 2.05) is 32.0 Å². The molecule has 1 aromatic heterocycles. The number of hydrogen-bond acceptors (Lipinski definition) is 4. The largest absolute Gasteiger partial charge is 0.451 e. The summed E-state index contributed by atoms with van der Waals surface area (Å²) in [6.07, 6.45) is -3.48. The quantitative estimate of drug-likeness (QED) is 0.182. The normalized spacial score (nSPS) is 15.2. The molecule has 0 bridgehead atoms. The first-order valence-corrected chi connectivity index (χ1v) is 12.7. The minimum Gasteiger partial charge on any atom is -0.451 e. The zero-order chi connectivity index (χ0) is 27.2. The van der Waals surface area contributed by atoms with Crippen molar-refractivity contribution in [2.24, 2.45) is 0 Å². The molecule has 4 aromatic rings. The van der Waals surface area contributed by atoms with Crippen LogP contribution in [0.4, 0.5) is 22.0 Å². The third-order valence-electron chi connectivity index (χ3n) is 6.48. The van der Waals surface area contributed by atoms with Crippen LogP contribution in [-0.4, -0.2) is 15.8 Å². The first-order valence-electron chi connectivity index (χ1n) is 11.7. The number of nitrogens with zero attached hydrogens (tertiary/aromatic N) is 2. The highest BCUT2D eigenvalue weighted by molar-refractivity contribution is 7.98. The molecule has 1 aliphatic rings. The van der Waals surface area contributed by atoms with Gasteiger partial charge in [0, 0.05) is 29.3 Å². The van der Waals surface area contributed by atoms with Gasteiger partial charge in [0.1, 0.15) is 11.6 Å². The lowest BCUT2D eigenvalue weighted by Gasteiger charge is -2.27. The molecule has 10 heteroatoms. The fraction of sp³-hybridized carbons (Fsp3) is 0.250. The lowest BCUT2D eigenvalue weighted by Crippen LogP contribution is -2.23. The molecule has 0 fully saturated rings. The Labute approximate surface area is 220 Å². The second-order valence-corrected chi connectivity index (χ2v) is 10.3. The maximum Gasteiger partial charge on any atom is 0.416 e. The van der Waals surface area contributed by atoms with Crippen molar-refractivity contribution in [1.82, 2.24) is 9.55 Å². The average Bonchev–Trinajstić information content (AvgIpc) is 3.45. The van der Waals surface area contributed by atoms with Crippen molar-refractivity contribution < 1.29 is 31.4 Å². The molecule has 1 atom stereocenters. The molecule has 0 saturated carbocycles. The molecule has 38 heavy (non-hydrogen) atoms. The molecule has 0 saturated heterocycles. The monoisotopic (exact) mass is 546 g/mol. The smallest absolute Gasteiger partial charge is 0.416 e. The van der Waals surface area contributed by atoms with Crippen molar-refractivity contribution in [3.63, 3.8) is 0 Å². The zero-order valence-corrected chi connectivity index (χ0v) is 21.5. The van der Waals surface area contributed by atoms with E-state index in [1.165, 1.54) is 12.1 Å². The Bertz CT molecular complexity index is 1480. The second-order valence-electron chi connectivity index (χ2n) is 9.38. The van der Waals surface area contributed by atoms with Crippen molar-refractivity contribution in [3.8, 4) is 17.2 Å². The maximum absolute atomic E-state index is 14.5. The average molecular weight is 547 g/mol. The van der Waals surface area contributed by atoms with Gasteiger partial charge in [-0.1, -0.05) is 37.7 Å². The molecular weight excluding hydrogens is 523 g/mol. The van der Waals surface area contributed by atoms with E-state index < -0.39 is 40.6 Å². The van der Waals surface area contributed by atoms with Gasteiger partial charge in [0.2, 0.25) is 6.29 Å². The maximum atomic E-state index is 14.5. The van der Waals surface area contributed by atoms with Crippen molar-refractivity contribution in [1.29, 1.82) is 0 Å². The first kappa shape index (κ1) is 26.1. The lowest BCUT2D eigenvalue weighted by molar-refractivity contribution is -0.138. The minimum absolute atomic E-state index is 0.304. The minimum atomic E-state index is -4.70. The number of halogens is 5. The third-order valence-corrected chi connectivity index (χ3v) is 7.45. The molecule has 4 nitrogen and oxygen atoms in total. The number of fused-ring (bicyclic) bond motifs is 1. The van der Waals surface area contributed by atoms with Gasteiger partial charge in [-0.15, -0.1) is 0 Å². The van der Waals surface area contributed by atoms with Gasteiger partial charge in [0.25, 0.3) is 0 Å². The molecule has 198 valence electrons. The van der Waals surface area contributed by atoms with Gasteiger partial charge in [0.05, 0.1) is 17.5 Å². The van der Waals surface area contributed by atoms with Crippen LogP contribution in [0.15, 0.2) is 72.0 Å². The molecule has 2 heterocycles. The van der Waals surface area contributed by atoms with Gasteiger partial charge >= 0.3 is 6.18 Å². The molecule has 5 rings (SSSR count). The summed E-state index contributed by atoms with van der Waals surface area (Å²) in [5.41, 5.74) is -0.0114. The standard InChI is InChI=1S/C28H23F5N2O2S/c1-16-36-23-12-7-17(13-24(23)37-16)27(2,3)25-14-34-26(35(25)19-10-8-18(29)9-11-19)38-15-20-21(28(31,32)33)5-4-6-22(20)30/h4-14,16H,15H2,1-3H3. The summed E-state index contributed by atoms with van der Waals surface area (Å²) in [5.74, 6) is -0.450. The number of hydrogen-bond donors (Lipinski definition) is 0. The summed E-state index contributed by atoms with van der Waals surface area (Å²) in [5, 5.41) is 0.338. The van der Waals surface area contributed by atoms with E-state index in [1.54, 1.807) is 29.8 Å². The molecule has 0 spiro atoms. The topological polar surface area (TPSA) is 36.3 Å². The lowest BCUT2D eigenvalue weighted by atomic mass is 9.81. The van der Waals surface area contributed by atoms with E-state index in [0.29, 0.717) is 28.0 Å². The highest BCUT2D eigenvalue weighted by atomic mass is 32.2. The van der Waals surface area contributed by atoms with Crippen LogP contribution in [0.1, 0.15) is 43.2 Å². The van der Waals surface area contributed by atoms with Gasteiger partial charge in [0.15, 0.2) is 16.7 Å². The van der Waals surface area contributed by atoms with Crippen molar-refractivity contribution in [3.05, 3.63) is 101 Å². The molecule has 0 aliphatic carbocycles. The molecule has 0 amide bonds. The Kier molecular flexibility index (Phi) is 6.63. The van der Waals surface area contributed by atoms with Crippen LogP contribution in [0.25, 0.3) is 5.69 Å². The number of ether oxygens (including phenoxy) is 2. The van der Waals surface area contributed by atoms with Gasteiger partial charge < -0.3 is 9.47 Å². The van der Waals surface area contributed by atoms with Gasteiger partial charge in [-0.05, 0) is 54.1 Å². The predicted molar refractivity (Wildman–Crippen MR) is 134 cm³/mol.